The van der Waals surface area contributed by atoms with Crippen LogP contribution >= 0.6 is 0 Å². The molecular formula is C26H32N4O6. The first-order chi connectivity index (χ1) is 17.4. The van der Waals surface area contributed by atoms with E-state index < -0.39 is 5.92 Å². The van der Waals surface area contributed by atoms with E-state index in [0.717, 1.165) is 45.0 Å². The Morgan fingerprint density at radius 2 is 1.83 bits per heavy atom. The van der Waals surface area contributed by atoms with Crippen LogP contribution in [0.1, 0.15) is 29.2 Å². The fourth-order valence-electron chi connectivity index (χ4n) is 4.90. The van der Waals surface area contributed by atoms with Crippen LogP contribution in [0.4, 0.5) is 0 Å². The molecule has 0 saturated carbocycles. The Kier molecular flexibility index (Phi) is 7.72. The van der Waals surface area contributed by atoms with Gasteiger partial charge in [0.1, 0.15) is 17.4 Å². The lowest BCUT2D eigenvalue weighted by Gasteiger charge is -2.29. The quantitative estimate of drug-likeness (QED) is 0.586. The van der Waals surface area contributed by atoms with Crippen LogP contribution in [0.25, 0.3) is 0 Å². The number of allylic oxidation sites excluding steroid dienone is 1. The zero-order chi connectivity index (χ0) is 25.8. The van der Waals surface area contributed by atoms with Gasteiger partial charge in [0, 0.05) is 43.5 Å². The van der Waals surface area contributed by atoms with Gasteiger partial charge in [0.25, 0.3) is 5.56 Å². The topological polar surface area (TPSA) is 121 Å². The summed E-state index contributed by atoms with van der Waals surface area (Å²) in [5.41, 5.74) is 7.72. The van der Waals surface area contributed by atoms with E-state index in [1.165, 1.54) is 21.3 Å². The smallest absolute Gasteiger partial charge is 0.258 e. The van der Waals surface area contributed by atoms with Crippen LogP contribution in [0.15, 0.2) is 34.4 Å². The number of nitrogens with zero attached hydrogens (tertiary/aromatic N) is 3. The molecule has 0 aliphatic carbocycles. The highest BCUT2D eigenvalue weighted by molar-refractivity contribution is 5.64. The predicted molar refractivity (Wildman–Crippen MR) is 133 cm³/mol. The van der Waals surface area contributed by atoms with E-state index in [4.69, 9.17) is 29.4 Å². The minimum Gasteiger partial charge on any atom is -0.493 e. The highest BCUT2D eigenvalue weighted by atomic mass is 16.5. The van der Waals surface area contributed by atoms with Crippen molar-refractivity contribution in [1.82, 2.24) is 9.47 Å². The normalized spacial score (nSPS) is 17.7. The van der Waals surface area contributed by atoms with E-state index in [-0.39, 0.29) is 17.0 Å². The summed E-state index contributed by atoms with van der Waals surface area (Å²) in [6.07, 6.45) is 0.799. The van der Waals surface area contributed by atoms with Gasteiger partial charge in [0.15, 0.2) is 11.5 Å². The summed E-state index contributed by atoms with van der Waals surface area (Å²) in [6, 6.07) is 7.41. The Morgan fingerprint density at radius 1 is 1.11 bits per heavy atom. The van der Waals surface area contributed by atoms with Gasteiger partial charge in [-0.15, -0.1) is 0 Å². The van der Waals surface area contributed by atoms with Crippen LogP contribution in [-0.4, -0.2) is 63.6 Å². The van der Waals surface area contributed by atoms with Crippen LogP contribution in [0.5, 0.6) is 23.0 Å². The standard InChI is InChI=1S/C26H32N4O6/c1-16-14-20-22(26(31)30(16)9-5-8-29-10-12-35-13-11-29)21(18(15-27)25(28)36-20)17-6-7-19(32-2)24(34-4)23(17)33-3/h6-7,14,21H,5,8-13,28H2,1-4H3/t21-/m1/s1. The molecule has 1 atom stereocenters. The number of pyridine rings is 1. The van der Waals surface area contributed by atoms with Gasteiger partial charge in [-0.05, 0) is 19.4 Å². The maximum Gasteiger partial charge on any atom is 0.258 e. The fraction of sp³-hybridized carbons (Fsp3) is 0.462. The maximum absolute atomic E-state index is 13.9. The molecule has 0 radical (unpaired) electrons. The summed E-state index contributed by atoms with van der Waals surface area (Å²) >= 11 is 0. The average molecular weight is 497 g/mol. The summed E-state index contributed by atoms with van der Waals surface area (Å²) in [6.45, 7) is 6.51. The molecule has 36 heavy (non-hydrogen) atoms. The van der Waals surface area contributed by atoms with Crippen LogP contribution in [0, 0.1) is 18.3 Å². The number of rotatable bonds is 8. The third-order valence-electron chi connectivity index (χ3n) is 6.70. The molecule has 0 spiro atoms. The number of hydrogen-bond donors (Lipinski definition) is 1. The Morgan fingerprint density at radius 3 is 2.47 bits per heavy atom. The Balaban J connectivity index is 1.80. The molecule has 0 amide bonds. The van der Waals surface area contributed by atoms with Crippen molar-refractivity contribution in [2.45, 2.75) is 25.8 Å². The second-order valence-corrected chi connectivity index (χ2v) is 8.68. The zero-order valence-electron chi connectivity index (χ0n) is 21.1. The van der Waals surface area contributed by atoms with Crippen molar-refractivity contribution >= 4 is 0 Å². The summed E-state index contributed by atoms with van der Waals surface area (Å²) < 4.78 is 29.6. The lowest BCUT2D eigenvalue weighted by atomic mass is 9.83. The molecule has 10 heteroatoms. The van der Waals surface area contributed by atoms with Crippen LogP contribution in [0.3, 0.4) is 0 Å². The molecule has 0 unspecified atom stereocenters. The highest BCUT2D eigenvalue weighted by Crippen LogP contribution is 2.48. The first kappa shape index (κ1) is 25.4. The van der Waals surface area contributed by atoms with Crippen molar-refractivity contribution in [3.63, 3.8) is 0 Å². The SMILES string of the molecule is COc1ccc([C@@H]2C(C#N)=C(N)Oc3cc(C)n(CCCN4CCOCC4)c(=O)c32)c(OC)c1OC. The maximum atomic E-state index is 13.9. The fourth-order valence-corrected chi connectivity index (χ4v) is 4.90. The lowest BCUT2D eigenvalue weighted by molar-refractivity contribution is 0.0369. The van der Waals surface area contributed by atoms with E-state index in [9.17, 15) is 10.1 Å². The third kappa shape index (κ3) is 4.59. The van der Waals surface area contributed by atoms with E-state index >= 15 is 0 Å². The van der Waals surface area contributed by atoms with Crippen LogP contribution < -0.4 is 30.2 Å². The second kappa shape index (κ2) is 10.9. The number of aryl methyl sites for hydroxylation is 1. The van der Waals surface area contributed by atoms with Gasteiger partial charge in [-0.25, -0.2) is 0 Å². The van der Waals surface area contributed by atoms with Gasteiger partial charge >= 0.3 is 0 Å². The predicted octanol–water partition coefficient (Wildman–Crippen LogP) is 2.12. The minimum absolute atomic E-state index is 0.0456. The van der Waals surface area contributed by atoms with E-state index in [0.29, 0.717) is 40.7 Å². The van der Waals surface area contributed by atoms with E-state index in [1.54, 1.807) is 22.8 Å². The van der Waals surface area contributed by atoms with Crippen molar-refractivity contribution < 1.29 is 23.7 Å². The van der Waals surface area contributed by atoms with Gasteiger partial charge in [-0.1, -0.05) is 6.07 Å². The number of benzene rings is 1. The molecule has 1 aromatic carbocycles. The number of fused-ring (bicyclic) bond motifs is 1. The molecule has 1 saturated heterocycles. The number of methoxy groups -OCH3 is 3. The number of nitriles is 1. The molecule has 3 heterocycles. The summed E-state index contributed by atoms with van der Waals surface area (Å²) in [5, 5.41) is 10.0. The molecular weight excluding hydrogens is 464 g/mol. The molecule has 2 aliphatic heterocycles. The Hall–Kier alpha value is -3.68. The molecule has 2 N–H and O–H groups in total. The summed E-state index contributed by atoms with van der Waals surface area (Å²) in [7, 11) is 4.53. The molecule has 1 aromatic heterocycles. The Bertz CT molecular complexity index is 1260. The number of morpholine rings is 1. The average Bonchev–Trinajstić information content (AvgIpc) is 2.89. The summed E-state index contributed by atoms with van der Waals surface area (Å²) in [5.74, 6) is 0.668. The van der Waals surface area contributed by atoms with Crippen molar-refractivity contribution in [2.75, 3.05) is 54.2 Å². The largest absolute Gasteiger partial charge is 0.493 e. The van der Waals surface area contributed by atoms with Crippen LogP contribution in [0.2, 0.25) is 0 Å². The first-order valence-corrected chi connectivity index (χ1v) is 11.9. The highest BCUT2D eigenvalue weighted by Gasteiger charge is 2.37. The van der Waals surface area contributed by atoms with E-state index in [1.807, 2.05) is 6.92 Å². The van der Waals surface area contributed by atoms with Gasteiger partial charge in [0.05, 0.1) is 46.0 Å². The molecule has 2 aliphatic rings. The van der Waals surface area contributed by atoms with Crippen molar-refractivity contribution in [2.24, 2.45) is 5.73 Å². The third-order valence-corrected chi connectivity index (χ3v) is 6.70. The van der Waals surface area contributed by atoms with Crippen molar-refractivity contribution in [3.05, 3.63) is 56.8 Å². The van der Waals surface area contributed by atoms with Gasteiger partial charge in [0.2, 0.25) is 11.6 Å². The van der Waals surface area contributed by atoms with Gasteiger partial charge in [-0.3, -0.25) is 9.69 Å². The minimum atomic E-state index is -0.799. The second-order valence-electron chi connectivity index (χ2n) is 8.68. The number of ether oxygens (including phenoxy) is 5. The summed E-state index contributed by atoms with van der Waals surface area (Å²) in [4.78, 5) is 16.3. The molecule has 2 aromatic rings. The monoisotopic (exact) mass is 496 g/mol. The van der Waals surface area contributed by atoms with Gasteiger partial charge < -0.3 is 34.0 Å². The van der Waals surface area contributed by atoms with Crippen molar-refractivity contribution in [1.29, 1.82) is 5.26 Å². The lowest BCUT2D eigenvalue weighted by Crippen LogP contribution is -2.38. The van der Waals surface area contributed by atoms with Gasteiger partial charge in [-0.2, -0.15) is 5.26 Å². The van der Waals surface area contributed by atoms with Crippen LogP contribution in [-0.2, 0) is 11.3 Å². The number of aromatic nitrogens is 1. The molecule has 1 fully saturated rings. The number of nitrogens with two attached hydrogens (primary N) is 1. The molecule has 0 bridgehead atoms. The van der Waals surface area contributed by atoms with E-state index in [2.05, 4.69) is 11.0 Å². The Labute approximate surface area is 210 Å². The molecule has 192 valence electrons. The molecule has 4 rings (SSSR count). The zero-order valence-corrected chi connectivity index (χ0v) is 21.1. The molecule has 10 nitrogen and oxygen atoms in total. The van der Waals surface area contributed by atoms with Crippen molar-refractivity contribution in [3.8, 4) is 29.1 Å². The number of hydrogen-bond acceptors (Lipinski definition) is 9. The first-order valence-electron chi connectivity index (χ1n) is 11.9.